The van der Waals surface area contributed by atoms with Crippen LogP contribution in [0.2, 0.25) is 0 Å². The van der Waals surface area contributed by atoms with Crippen LogP contribution in [-0.2, 0) is 10.0 Å². The second kappa shape index (κ2) is 7.01. The third kappa shape index (κ3) is 3.87. The topological polar surface area (TPSA) is 61.4 Å². The van der Waals surface area contributed by atoms with Gasteiger partial charge in [-0.25, -0.2) is 12.7 Å². The van der Waals surface area contributed by atoms with Crippen LogP contribution in [0.1, 0.15) is 38.5 Å². The van der Waals surface area contributed by atoms with Gasteiger partial charge >= 0.3 is 0 Å². The fraction of sp³-hybridized carbons (Fsp3) is 0.650. The molecule has 5 nitrogen and oxygen atoms in total. The van der Waals surface area contributed by atoms with Gasteiger partial charge < -0.3 is 10.6 Å². The molecule has 1 aromatic carbocycles. The highest BCUT2D eigenvalue weighted by Gasteiger charge is 2.50. The summed E-state index contributed by atoms with van der Waals surface area (Å²) in [7, 11) is -0.379. The molecule has 7 heteroatoms. The van der Waals surface area contributed by atoms with E-state index in [1.807, 2.05) is 6.07 Å². The first kappa shape index (κ1) is 19.2. The highest BCUT2D eigenvalue weighted by molar-refractivity contribution is 7.89. The second-order valence-corrected chi connectivity index (χ2v) is 11.6. The molecular weight excluding hydrogens is 378 g/mol. The first-order valence-corrected chi connectivity index (χ1v) is 11.7. The molecule has 4 fully saturated rings. The number of nitrogens with one attached hydrogen (secondary N) is 2. The van der Waals surface area contributed by atoms with E-state index in [0.29, 0.717) is 16.2 Å². The Morgan fingerprint density at radius 1 is 1.15 bits per heavy atom. The van der Waals surface area contributed by atoms with Gasteiger partial charge in [0.15, 0.2) is 5.11 Å². The molecule has 4 saturated carbocycles. The Morgan fingerprint density at radius 2 is 1.74 bits per heavy atom. The lowest BCUT2D eigenvalue weighted by Crippen LogP contribution is -2.51. The van der Waals surface area contributed by atoms with Crippen molar-refractivity contribution < 1.29 is 8.42 Å². The molecule has 4 aliphatic carbocycles. The van der Waals surface area contributed by atoms with Crippen molar-refractivity contribution in [3.63, 3.8) is 0 Å². The molecule has 27 heavy (non-hydrogen) atoms. The highest BCUT2D eigenvalue weighted by Crippen LogP contribution is 2.59. The lowest BCUT2D eigenvalue weighted by molar-refractivity contribution is -0.0490. The van der Waals surface area contributed by atoms with Crippen molar-refractivity contribution in [1.29, 1.82) is 0 Å². The molecule has 0 atom stereocenters. The summed E-state index contributed by atoms with van der Waals surface area (Å²) in [5.74, 6) is 2.77. The molecule has 0 radical (unpaired) electrons. The van der Waals surface area contributed by atoms with E-state index in [9.17, 15) is 8.42 Å². The summed E-state index contributed by atoms with van der Waals surface area (Å²) in [6.07, 6.45) is 8.33. The van der Waals surface area contributed by atoms with Crippen LogP contribution in [0.15, 0.2) is 29.2 Å². The van der Waals surface area contributed by atoms with Crippen LogP contribution in [0.5, 0.6) is 0 Å². The maximum absolute atomic E-state index is 12.3. The molecule has 0 unspecified atom stereocenters. The third-order valence-corrected chi connectivity index (χ3v) is 8.72. The number of hydrogen-bond donors (Lipinski definition) is 2. The van der Waals surface area contributed by atoms with E-state index < -0.39 is 10.0 Å². The van der Waals surface area contributed by atoms with Crippen molar-refractivity contribution in [3.8, 4) is 0 Å². The molecule has 5 rings (SSSR count). The minimum absolute atomic E-state index is 0.265. The smallest absolute Gasteiger partial charge is 0.242 e. The fourth-order valence-corrected chi connectivity index (χ4v) is 7.03. The van der Waals surface area contributed by atoms with Gasteiger partial charge in [-0.05, 0) is 92.1 Å². The first-order chi connectivity index (χ1) is 12.8. The molecule has 4 aliphatic rings. The quantitative estimate of drug-likeness (QED) is 0.732. The number of rotatable bonds is 5. The summed E-state index contributed by atoms with van der Waals surface area (Å²) in [4.78, 5) is 0.265. The van der Waals surface area contributed by atoms with E-state index in [1.54, 1.807) is 18.2 Å². The van der Waals surface area contributed by atoms with Crippen molar-refractivity contribution in [2.75, 3.05) is 26.0 Å². The summed E-state index contributed by atoms with van der Waals surface area (Å²) in [5.41, 5.74) is 1.11. The van der Waals surface area contributed by atoms with Gasteiger partial charge in [-0.1, -0.05) is 6.07 Å². The van der Waals surface area contributed by atoms with Gasteiger partial charge in [-0.3, -0.25) is 0 Å². The molecule has 2 N–H and O–H groups in total. The Labute approximate surface area is 168 Å². The van der Waals surface area contributed by atoms with E-state index >= 15 is 0 Å². The van der Waals surface area contributed by atoms with E-state index in [-0.39, 0.29) is 4.90 Å². The van der Waals surface area contributed by atoms with E-state index in [4.69, 9.17) is 12.2 Å². The molecule has 0 aromatic heterocycles. The van der Waals surface area contributed by atoms with Crippen molar-refractivity contribution >= 4 is 33.0 Å². The van der Waals surface area contributed by atoms with Crippen molar-refractivity contribution in [1.82, 2.24) is 9.62 Å². The molecular formula is C20H29N3O2S2. The zero-order valence-corrected chi connectivity index (χ0v) is 17.7. The average Bonchev–Trinajstić information content (AvgIpc) is 2.59. The van der Waals surface area contributed by atoms with Crippen LogP contribution in [0.4, 0.5) is 5.69 Å². The number of nitrogens with zero attached hydrogens (tertiary/aromatic N) is 1. The van der Waals surface area contributed by atoms with Crippen LogP contribution in [0, 0.1) is 23.2 Å². The van der Waals surface area contributed by atoms with Crippen molar-refractivity contribution in [3.05, 3.63) is 24.3 Å². The predicted octanol–water partition coefficient (Wildman–Crippen LogP) is 3.44. The van der Waals surface area contributed by atoms with Crippen LogP contribution in [-0.4, -0.2) is 38.5 Å². The second-order valence-electron chi connectivity index (χ2n) is 9.04. The van der Waals surface area contributed by atoms with Crippen LogP contribution >= 0.6 is 12.2 Å². The molecule has 0 spiro atoms. The largest absolute Gasteiger partial charge is 0.362 e. The summed E-state index contributed by atoms with van der Waals surface area (Å²) < 4.78 is 25.8. The maximum Gasteiger partial charge on any atom is 0.242 e. The minimum Gasteiger partial charge on any atom is -0.362 e. The SMILES string of the molecule is CN(C)S(=O)(=O)c1cccc(NC(=S)NCC23CC4CC(CC(C4)C2)C3)c1. The Kier molecular flexibility index (Phi) is 4.97. The Bertz CT molecular complexity index is 800. The van der Waals surface area contributed by atoms with E-state index in [1.165, 1.54) is 56.9 Å². The Balaban J connectivity index is 1.38. The van der Waals surface area contributed by atoms with Crippen molar-refractivity contribution in [2.24, 2.45) is 23.2 Å². The number of sulfonamides is 1. The standard InChI is InChI=1S/C20H29N3O2S2/c1-23(2)27(24,25)18-5-3-4-17(9-18)22-19(26)21-13-20-10-14-6-15(11-20)8-16(7-14)12-20/h3-5,9,14-16H,6-8,10-13H2,1-2H3,(H2,21,22,26). The molecule has 0 saturated heterocycles. The zero-order chi connectivity index (χ0) is 19.2. The van der Waals surface area contributed by atoms with E-state index in [2.05, 4.69) is 10.6 Å². The van der Waals surface area contributed by atoms with Crippen LogP contribution in [0.25, 0.3) is 0 Å². The van der Waals surface area contributed by atoms with Crippen LogP contribution in [0.3, 0.4) is 0 Å². The molecule has 1 aromatic rings. The first-order valence-electron chi connectivity index (χ1n) is 9.83. The van der Waals surface area contributed by atoms with Gasteiger partial charge in [-0.2, -0.15) is 0 Å². The van der Waals surface area contributed by atoms with Crippen LogP contribution < -0.4 is 10.6 Å². The van der Waals surface area contributed by atoms with Gasteiger partial charge in [0.05, 0.1) is 4.90 Å². The Hall–Kier alpha value is -1.18. The summed E-state index contributed by atoms with van der Waals surface area (Å²) >= 11 is 5.50. The minimum atomic E-state index is -3.45. The molecule has 148 valence electrons. The number of thiocarbonyl (C=S) groups is 1. The van der Waals surface area contributed by atoms with Gasteiger partial charge in [-0.15, -0.1) is 0 Å². The molecule has 0 aliphatic heterocycles. The summed E-state index contributed by atoms with van der Waals surface area (Å²) in [6, 6.07) is 6.81. The number of hydrogen-bond acceptors (Lipinski definition) is 3. The van der Waals surface area contributed by atoms with Gasteiger partial charge in [0.1, 0.15) is 0 Å². The third-order valence-electron chi connectivity index (χ3n) is 6.66. The van der Waals surface area contributed by atoms with Gasteiger partial charge in [0.25, 0.3) is 0 Å². The summed E-state index contributed by atoms with van der Waals surface area (Å²) in [5, 5.41) is 7.17. The average molecular weight is 408 g/mol. The van der Waals surface area contributed by atoms with Crippen molar-refractivity contribution in [2.45, 2.75) is 43.4 Å². The monoisotopic (exact) mass is 407 g/mol. The number of benzene rings is 1. The number of anilines is 1. The Morgan fingerprint density at radius 3 is 2.30 bits per heavy atom. The van der Waals surface area contributed by atoms with Gasteiger partial charge in [0, 0.05) is 26.3 Å². The van der Waals surface area contributed by atoms with Gasteiger partial charge in [0.2, 0.25) is 10.0 Å². The predicted molar refractivity (Wildman–Crippen MR) is 112 cm³/mol. The zero-order valence-electron chi connectivity index (χ0n) is 16.1. The lowest BCUT2D eigenvalue weighted by Gasteiger charge is -2.57. The molecule has 0 heterocycles. The van der Waals surface area contributed by atoms with E-state index in [0.717, 1.165) is 24.3 Å². The maximum atomic E-state index is 12.3. The molecule has 0 amide bonds. The normalized spacial score (nSPS) is 31.9. The fourth-order valence-electron chi connectivity index (χ4n) is 5.89. The lowest BCUT2D eigenvalue weighted by atomic mass is 9.49. The summed E-state index contributed by atoms with van der Waals surface area (Å²) in [6.45, 7) is 0.929. The highest BCUT2D eigenvalue weighted by atomic mass is 32.2. The molecule has 4 bridgehead atoms.